The van der Waals surface area contributed by atoms with Gasteiger partial charge < -0.3 is 9.47 Å². The average molecular weight is 633 g/mol. The highest BCUT2D eigenvalue weighted by Gasteiger charge is 2.07. The summed E-state index contributed by atoms with van der Waals surface area (Å²) in [7, 11) is 0. The Morgan fingerprint density at radius 2 is 0.622 bits per heavy atom. The Balaban J connectivity index is 3.32. The van der Waals surface area contributed by atoms with E-state index in [1.807, 2.05) is 0 Å². The van der Waals surface area contributed by atoms with Crippen LogP contribution < -0.4 is 0 Å². The lowest BCUT2D eigenvalue weighted by molar-refractivity contribution is -0.145. The van der Waals surface area contributed by atoms with Gasteiger partial charge in [-0.05, 0) is 70.6 Å². The number of unbranched alkanes of at least 4 members (excludes halogenated alkanes) is 24. The van der Waals surface area contributed by atoms with Crippen LogP contribution in [-0.2, 0) is 19.1 Å². The predicted molar refractivity (Wildman–Crippen MR) is 195 cm³/mol. The highest BCUT2D eigenvalue weighted by Crippen LogP contribution is 2.12. The first-order chi connectivity index (χ1) is 22.2. The van der Waals surface area contributed by atoms with Crippen LogP contribution in [0.5, 0.6) is 0 Å². The molecule has 0 unspecified atom stereocenters. The number of ether oxygens (including phenoxy) is 2. The summed E-state index contributed by atoms with van der Waals surface area (Å²) in [4.78, 5) is 23.9. The number of carbonyl (C=O) groups excluding carboxylic acids is 2. The van der Waals surface area contributed by atoms with E-state index in [0.29, 0.717) is 32.5 Å². The third-order valence-corrected chi connectivity index (χ3v) is 8.60. The van der Waals surface area contributed by atoms with Gasteiger partial charge in [-0.25, -0.2) is 0 Å². The molecule has 0 aliphatic rings. The van der Waals surface area contributed by atoms with Crippen LogP contribution >= 0.6 is 0 Å². The minimum Gasteiger partial charge on any atom is -0.466 e. The first-order valence-corrected chi connectivity index (χ1v) is 19.8. The van der Waals surface area contributed by atoms with Gasteiger partial charge >= 0.3 is 11.9 Å². The standard InChI is InChI=1S/C41H76O4/c1-3-5-7-9-11-13-15-17-19-21-23-25-27-29-31-33-38-44-40(42)36-35-37-41(43)45-39-34-32-30-28-26-24-22-20-18-16-14-12-10-8-6-4-2/h17-20H,3-16,21-39H2,1-2H3/b19-17-,20-18-. The number of hydrogen-bond donors (Lipinski definition) is 0. The van der Waals surface area contributed by atoms with Crippen LogP contribution in [0.3, 0.4) is 0 Å². The van der Waals surface area contributed by atoms with Crippen molar-refractivity contribution in [3.63, 3.8) is 0 Å². The molecule has 0 amide bonds. The molecule has 0 rings (SSSR count). The van der Waals surface area contributed by atoms with E-state index in [2.05, 4.69) is 38.2 Å². The maximum atomic E-state index is 11.9. The fourth-order valence-corrected chi connectivity index (χ4v) is 5.59. The van der Waals surface area contributed by atoms with E-state index in [1.165, 1.54) is 154 Å². The summed E-state index contributed by atoms with van der Waals surface area (Å²) in [6.07, 6.45) is 46.1. The summed E-state index contributed by atoms with van der Waals surface area (Å²) >= 11 is 0. The van der Waals surface area contributed by atoms with Crippen LogP contribution in [0.15, 0.2) is 24.3 Å². The van der Waals surface area contributed by atoms with Crippen LogP contribution in [0, 0.1) is 0 Å². The first-order valence-electron chi connectivity index (χ1n) is 19.8. The lowest BCUT2D eigenvalue weighted by atomic mass is 10.1. The van der Waals surface area contributed by atoms with Gasteiger partial charge in [-0.2, -0.15) is 0 Å². The van der Waals surface area contributed by atoms with Crippen LogP contribution in [-0.4, -0.2) is 25.2 Å². The second-order valence-corrected chi connectivity index (χ2v) is 13.2. The zero-order valence-corrected chi connectivity index (χ0v) is 30.3. The van der Waals surface area contributed by atoms with Gasteiger partial charge in [0.2, 0.25) is 0 Å². The monoisotopic (exact) mass is 633 g/mol. The van der Waals surface area contributed by atoms with Gasteiger partial charge in [-0.3, -0.25) is 9.59 Å². The first kappa shape index (κ1) is 43.4. The number of esters is 2. The summed E-state index contributed by atoms with van der Waals surface area (Å²) in [5, 5.41) is 0. The van der Waals surface area contributed by atoms with Gasteiger partial charge in [-0.15, -0.1) is 0 Å². The van der Waals surface area contributed by atoms with E-state index in [-0.39, 0.29) is 11.9 Å². The highest BCUT2D eigenvalue weighted by atomic mass is 16.5. The van der Waals surface area contributed by atoms with Crippen molar-refractivity contribution in [1.29, 1.82) is 0 Å². The molecule has 0 radical (unpaired) electrons. The second kappa shape index (κ2) is 38.6. The van der Waals surface area contributed by atoms with Gasteiger partial charge in [0.05, 0.1) is 13.2 Å². The molecule has 0 aromatic rings. The summed E-state index contributed by atoms with van der Waals surface area (Å²) < 4.78 is 10.7. The van der Waals surface area contributed by atoms with E-state index < -0.39 is 0 Å². The Kier molecular flexibility index (Phi) is 37.2. The molecule has 264 valence electrons. The van der Waals surface area contributed by atoms with Crippen molar-refractivity contribution in [1.82, 2.24) is 0 Å². The van der Waals surface area contributed by atoms with Gasteiger partial charge in [0, 0.05) is 12.8 Å². The smallest absolute Gasteiger partial charge is 0.305 e. The topological polar surface area (TPSA) is 52.6 Å². The van der Waals surface area contributed by atoms with Crippen molar-refractivity contribution in [2.45, 2.75) is 213 Å². The lowest BCUT2D eigenvalue weighted by Crippen LogP contribution is -2.09. The van der Waals surface area contributed by atoms with Gasteiger partial charge in [0.25, 0.3) is 0 Å². The molecule has 45 heavy (non-hydrogen) atoms. The summed E-state index contributed by atoms with van der Waals surface area (Å²) in [5.74, 6) is -0.382. The van der Waals surface area contributed by atoms with Gasteiger partial charge in [-0.1, -0.05) is 154 Å². The van der Waals surface area contributed by atoms with Crippen molar-refractivity contribution in [2.24, 2.45) is 0 Å². The molecule has 0 saturated heterocycles. The summed E-state index contributed by atoms with van der Waals surface area (Å²) in [6.45, 7) is 5.54. The van der Waals surface area contributed by atoms with Crippen LogP contribution in [0.25, 0.3) is 0 Å². The van der Waals surface area contributed by atoms with E-state index in [0.717, 1.165) is 25.7 Å². The fraction of sp³-hybridized carbons (Fsp3) is 0.854. The predicted octanol–water partition coefficient (Wildman–Crippen LogP) is 13.3. The highest BCUT2D eigenvalue weighted by molar-refractivity contribution is 5.72. The Morgan fingerprint density at radius 3 is 0.933 bits per heavy atom. The molecular weight excluding hydrogens is 556 g/mol. The van der Waals surface area contributed by atoms with E-state index in [1.54, 1.807) is 0 Å². The van der Waals surface area contributed by atoms with Crippen molar-refractivity contribution < 1.29 is 19.1 Å². The van der Waals surface area contributed by atoms with E-state index in [9.17, 15) is 9.59 Å². The Labute approximate surface area is 281 Å². The zero-order chi connectivity index (χ0) is 32.7. The van der Waals surface area contributed by atoms with E-state index in [4.69, 9.17) is 9.47 Å². The fourth-order valence-electron chi connectivity index (χ4n) is 5.59. The Hall–Kier alpha value is -1.58. The van der Waals surface area contributed by atoms with Crippen molar-refractivity contribution in [2.75, 3.05) is 13.2 Å². The lowest BCUT2D eigenvalue weighted by Gasteiger charge is -2.06. The van der Waals surface area contributed by atoms with Crippen LogP contribution in [0.4, 0.5) is 0 Å². The molecular formula is C41H76O4. The van der Waals surface area contributed by atoms with Crippen LogP contribution in [0.1, 0.15) is 213 Å². The molecule has 0 aliphatic heterocycles. The largest absolute Gasteiger partial charge is 0.466 e. The maximum absolute atomic E-state index is 11.9. The number of hydrogen-bond acceptors (Lipinski definition) is 4. The molecule has 0 spiro atoms. The number of allylic oxidation sites excluding steroid dienone is 4. The van der Waals surface area contributed by atoms with E-state index >= 15 is 0 Å². The molecule has 0 saturated carbocycles. The van der Waals surface area contributed by atoms with Crippen molar-refractivity contribution >= 4 is 11.9 Å². The molecule has 0 heterocycles. The summed E-state index contributed by atoms with van der Waals surface area (Å²) in [5.41, 5.74) is 0. The van der Waals surface area contributed by atoms with Gasteiger partial charge in [0.15, 0.2) is 0 Å². The third kappa shape index (κ3) is 38.5. The SMILES string of the molecule is CCCCCCCC/C=C\CCCCCCCCOC(=O)CCCC(=O)OCCCCCCCC/C=C\CCCCCCCC. The van der Waals surface area contributed by atoms with Crippen LogP contribution in [0.2, 0.25) is 0 Å². The molecule has 0 atom stereocenters. The van der Waals surface area contributed by atoms with Gasteiger partial charge in [0.1, 0.15) is 0 Å². The summed E-state index contributed by atoms with van der Waals surface area (Å²) in [6, 6.07) is 0. The zero-order valence-electron chi connectivity index (χ0n) is 30.3. The number of carbonyl (C=O) groups is 2. The minimum atomic E-state index is -0.191. The minimum absolute atomic E-state index is 0.191. The molecule has 4 heteroatoms. The molecule has 0 aromatic carbocycles. The number of rotatable bonds is 36. The normalized spacial score (nSPS) is 11.6. The van der Waals surface area contributed by atoms with Crippen molar-refractivity contribution in [3.8, 4) is 0 Å². The Morgan fingerprint density at radius 1 is 0.356 bits per heavy atom. The molecule has 0 aliphatic carbocycles. The average Bonchev–Trinajstić information content (AvgIpc) is 3.04. The molecule has 0 N–H and O–H groups in total. The quantitative estimate of drug-likeness (QED) is 0.0392. The molecule has 0 aromatic heterocycles. The second-order valence-electron chi connectivity index (χ2n) is 13.2. The van der Waals surface area contributed by atoms with Crippen molar-refractivity contribution in [3.05, 3.63) is 24.3 Å². The maximum Gasteiger partial charge on any atom is 0.305 e. The Bertz CT molecular complexity index is 612. The molecule has 0 fully saturated rings. The molecule has 0 bridgehead atoms. The third-order valence-electron chi connectivity index (χ3n) is 8.60. The molecule has 4 nitrogen and oxygen atoms in total.